The zero-order valence-corrected chi connectivity index (χ0v) is 18.5. The Labute approximate surface area is 172 Å². The Bertz CT molecular complexity index is 269. The number of hydrogen-bond acceptors (Lipinski definition) is 1. The van der Waals surface area contributed by atoms with Gasteiger partial charge < -0.3 is 4.74 Å². The molecule has 1 heteroatoms. The Hall–Kier alpha value is -0.0400. The van der Waals surface area contributed by atoms with Crippen LogP contribution in [0.1, 0.15) is 141 Å². The second kappa shape index (κ2) is 20.7. The van der Waals surface area contributed by atoms with Crippen molar-refractivity contribution in [3.05, 3.63) is 13.3 Å². The lowest BCUT2D eigenvalue weighted by atomic mass is 9.98. The van der Waals surface area contributed by atoms with E-state index in [1.807, 2.05) is 0 Å². The van der Waals surface area contributed by atoms with Gasteiger partial charge in [0.05, 0.1) is 6.10 Å². The SMILES string of the molecule is [CH2]CCCCCCCCCCCCCCCCCCCOC1CC[CH]CC1. The normalized spacial score (nSPS) is 15.4. The van der Waals surface area contributed by atoms with Crippen molar-refractivity contribution in [2.24, 2.45) is 0 Å². The Morgan fingerprint density at radius 1 is 0.556 bits per heavy atom. The molecule has 0 N–H and O–H groups in total. The maximum atomic E-state index is 5.99. The molecule has 1 fully saturated rings. The van der Waals surface area contributed by atoms with E-state index in [0.717, 1.165) is 13.0 Å². The summed E-state index contributed by atoms with van der Waals surface area (Å²) in [5, 5.41) is 0. The molecule has 0 bridgehead atoms. The van der Waals surface area contributed by atoms with Crippen LogP contribution in [0.5, 0.6) is 0 Å². The summed E-state index contributed by atoms with van der Waals surface area (Å²) in [6.45, 7) is 4.91. The van der Waals surface area contributed by atoms with Gasteiger partial charge >= 0.3 is 0 Å². The van der Waals surface area contributed by atoms with Crippen LogP contribution in [0.4, 0.5) is 0 Å². The van der Waals surface area contributed by atoms with E-state index in [1.54, 1.807) is 0 Å². The zero-order chi connectivity index (χ0) is 19.3. The maximum Gasteiger partial charge on any atom is 0.0575 e. The quantitative estimate of drug-likeness (QED) is 0.192. The molecule has 0 amide bonds. The van der Waals surface area contributed by atoms with Crippen molar-refractivity contribution in [2.45, 2.75) is 147 Å². The predicted octanol–water partition coefficient (Wildman–Crippen LogP) is 9.01. The van der Waals surface area contributed by atoms with Crippen LogP contribution in [0.15, 0.2) is 0 Å². The Morgan fingerprint density at radius 2 is 0.926 bits per heavy atom. The highest BCUT2D eigenvalue weighted by Crippen LogP contribution is 2.20. The van der Waals surface area contributed by atoms with Gasteiger partial charge in [-0.3, -0.25) is 0 Å². The first-order valence-corrected chi connectivity index (χ1v) is 12.7. The summed E-state index contributed by atoms with van der Waals surface area (Å²) in [6.07, 6.45) is 33.4. The highest BCUT2D eigenvalue weighted by molar-refractivity contribution is 4.76. The Morgan fingerprint density at radius 3 is 1.33 bits per heavy atom. The minimum Gasteiger partial charge on any atom is -0.378 e. The van der Waals surface area contributed by atoms with Gasteiger partial charge in [0.1, 0.15) is 0 Å². The van der Waals surface area contributed by atoms with Crippen LogP contribution in [0.2, 0.25) is 0 Å². The summed E-state index contributed by atoms with van der Waals surface area (Å²) in [4.78, 5) is 0. The van der Waals surface area contributed by atoms with Crippen LogP contribution >= 0.6 is 0 Å². The van der Waals surface area contributed by atoms with Gasteiger partial charge in [0.15, 0.2) is 0 Å². The summed E-state index contributed by atoms with van der Waals surface area (Å²) < 4.78 is 5.99. The van der Waals surface area contributed by atoms with Gasteiger partial charge in [-0.25, -0.2) is 0 Å². The van der Waals surface area contributed by atoms with E-state index in [-0.39, 0.29) is 0 Å². The predicted molar refractivity (Wildman–Crippen MR) is 121 cm³/mol. The molecular formula is C26H50O. The van der Waals surface area contributed by atoms with E-state index in [2.05, 4.69) is 13.3 Å². The topological polar surface area (TPSA) is 9.23 Å². The highest BCUT2D eigenvalue weighted by atomic mass is 16.5. The lowest BCUT2D eigenvalue weighted by molar-refractivity contribution is 0.0326. The first-order chi connectivity index (χ1) is 13.4. The van der Waals surface area contributed by atoms with Gasteiger partial charge in [0, 0.05) is 6.61 Å². The molecule has 0 unspecified atom stereocenters. The average molecular weight is 379 g/mol. The smallest absolute Gasteiger partial charge is 0.0575 e. The van der Waals surface area contributed by atoms with Crippen molar-refractivity contribution in [1.29, 1.82) is 0 Å². The summed E-state index contributed by atoms with van der Waals surface area (Å²) in [7, 11) is 0. The lowest BCUT2D eigenvalue weighted by Crippen LogP contribution is -2.17. The van der Waals surface area contributed by atoms with Crippen LogP contribution in [0.25, 0.3) is 0 Å². The monoisotopic (exact) mass is 378 g/mol. The first kappa shape index (κ1) is 25.0. The lowest BCUT2D eigenvalue weighted by Gasteiger charge is -2.21. The van der Waals surface area contributed by atoms with Gasteiger partial charge in [-0.05, 0) is 38.5 Å². The standard InChI is InChI=1S/C26H50O/c1-2-3-4-5-6-7-8-9-10-11-12-13-14-15-16-17-18-22-25-27-26-23-20-19-21-24-26/h19,26H,1-18,20-25H2. The molecule has 0 aromatic carbocycles. The van der Waals surface area contributed by atoms with E-state index in [1.165, 1.54) is 135 Å². The fourth-order valence-electron chi connectivity index (χ4n) is 4.24. The van der Waals surface area contributed by atoms with E-state index in [4.69, 9.17) is 4.74 Å². The fraction of sp³-hybridized carbons (Fsp3) is 0.923. The van der Waals surface area contributed by atoms with Crippen molar-refractivity contribution in [3.8, 4) is 0 Å². The molecule has 1 aliphatic carbocycles. The molecule has 2 radical (unpaired) electrons. The average Bonchev–Trinajstić information content (AvgIpc) is 2.70. The molecule has 160 valence electrons. The summed E-state index contributed by atoms with van der Waals surface area (Å²) >= 11 is 0. The van der Waals surface area contributed by atoms with Crippen LogP contribution < -0.4 is 0 Å². The summed E-state index contributed by atoms with van der Waals surface area (Å²) in [5.41, 5.74) is 0. The van der Waals surface area contributed by atoms with Gasteiger partial charge in [-0.2, -0.15) is 0 Å². The molecular weight excluding hydrogens is 328 g/mol. The molecule has 0 saturated heterocycles. The Kier molecular flexibility index (Phi) is 19.2. The van der Waals surface area contributed by atoms with Crippen molar-refractivity contribution in [3.63, 3.8) is 0 Å². The number of unbranched alkanes of at least 4 members (excludes halogenated alkanes) is 17. The molecule has 0 atom stereocenters. The van der Waals surface area contributed by atoms with Crippen molar-refractivity contribution < 1.29 is 4.74 Å². The van der Waals surface area contributed by atoms with Gasteiger partial charge in [0.2, 0.25) is 0 Å². The third-order valence-electron chi connectivity index (χ3n) is 6.13. The summed E-state index contributed by atoms with van der Waals surface area (Å²) in [5.74, 6) is 0. The molecule has 1 saturated carbocycles. The maximum absolute atomic E-state index is 5.99. The van der Waals surface area contributed by atoms with E-state index in [0.29, 0.717) is 6.10 Å². The van der Waals surface area contributed by atoms with E-state index in [9.17, 15) is 0 Å². The largest absolute Gasteiger partial charge is 0.378 e. The molecule has 0 aromatic heterocycles. The number of ether oxygens (including phenoxy) is 1. The van der Waals surface area contributed by atoms with Crippen molar-refractivity contribution in [2.75, 3.05) is 6.61 Å². The zero-order valence-electron chi connectivity index (χ0n) is 18.5. The summed E-state index contributed by atoms with van der Waals surface area (Å²) in [6, 6.07) is 0. The third kappa shape index (κ3) is 17.8. The van der Waals surface area contributed by atoms with E-state index >= 15 is 0 Å². The molecule has 27 heavy (non-hydrogen) atoms. The number of hydrogen-bond donors (Lipinski definition) is 0. The molecule has 0 aliphatic heterocycles. The second-order valence-corrected chi connectivity index (χ2v) is 8.80. The number of rotatable bonds is 20. The minimum absolute atomic E-state index is 0.568. The van der Waals surface area contributed by atoms with E-state index < -0.39 is 0 Å². The molecule has 0 aromatic rings. The molecule has 1 nitrogen and oxygen atoms in total. The van der Waals surface area contributed by atoms with Crippen LogP contribution in [0, 0.1) is 13.3 Å². The van der Waals surface area contributed by atoms with Crippen molar-refractivity contribution in [1.82, 2.24) is 0 Å². The highest BCUT2D eigenvalue weighted by Gasteiger charge is 2.12. The Balaban J connectivity index is 1.64. The third-order valence-corrected chi connectivity index (χ3v) is 6.13. The molecule has 0 spiro atoms. The molecule has 1 aliphatic rings. The fourth-order valence-corrected chi connectivity index (χ4v) is 4.24. The second-order valence-electron chi connectivity index (χ2n) is 8.80. The van der Waals surface area contributed by atoms with Crippen LogP contribution in [-0.4, -0.2) is 12.7 Å². The van der Waals surface area contributed by atoms with Crippen LogP contribution in [0.3, 0.4) is 0 Å². The van der Waals surface area contributed by atoms with Gasteiger partial charge in [-0.15, -0.1) is 0 Å². The van der Waals surface area contributed by atoms with Gasteiger partial charge in [0.25, 0.3) is 0 Å². The molecule has 1 rings (SSSR count). The van der Waals surface area contributed by atoms with Crippen molar-refractivity contribution >= 4 is 0 Å². The van der Waals surface area contributed by atoms with Crippen LogP contribution in [-0.2, 0) is 4.74 Å². The minimum atomic E-state index is 0.568. The molecule has 0 heterocycles. The van der Waals surface area contributed by atoms with Gasteiger partial charge in [-0.1, -0.05) is 116 Å². The first-order valence-electron chi connectivity index (χ1n) is 12.7.